The monoisotopic (exact) mass is 395 g/mol. The standard InChI is InChI=1S/C23H29N3O3/c1-25(2)20-11-9-17(10-12-20)14-19(15-24)23(28)29-16-22(27)26-13-5-7-18-6-3-4-8-21(18)26/h9-12,14,18,21H,3-8,13,16H2,1-2H3/b19-14+/t18-,21-/m1/s1. The van der Waals surface area contributed by atoms with E-state index in [-0.39, 0.29) is 24.1 Å². The van der Waals surface area contributed by atoms with E-state index in [0.29, 0.717) is 5.92 Å². The fourth-order valence-corrected chi connectivity index (χ4v) is 4.39. The molecule has 1 aliphatic carbocycles. The molecule has 2 fully saturated rings. The Morgan fingerprint density at radius 3 is 2.55 bits per heavy atom. The van der Waals surface area contributed by atoms with Gasteiger partial charge in [0.1, 0.15) is 11.6 Å². The van der Waals surface area contributed by atoms with Crippen molar-refractivity contribution in [3.8, 4) is 6.07 Å². The van der Waals surface area contributed by atoms with Gasteiger partial charge in [-0.05, 0) is 55.4 Å². The lowest BCUT2D eigenvalue weighted by molar-refractivity contribution is -0.152. The molecule has 0 radical (unpaired) electrons. The fourth-order valence-electron chi connectivity index (χ4n) is 4.39. The maximum Gasteiger partial charge on any atom is 0.349 e. The molecule has 154 valence electrons. The van der Waals surface area contributed by atoms with Gasteiger partial charge in [0.05, 0.1) is 0 Å². The number of rotatable bonds is 5. The van der Waals surface area contributed by atoms with Crippen LogP contribution >= 0.6 is 0 Å². The molecule has 1 aromatic carbocycles. The predicted octanol–water partition coefficient (Wildman–Crippen LogP) is 3.38. The van der Waals surface area contributed by atoms with E-state index < -0.39 is 5.97 Å². The van der Waals surface area contributed by atoms with Crippen LogP contribution in [0, 0.1) is 17.2 Å². The van der Waals surface area contributed by atoms with Crippen molar-refractivity contribution in [3.05, 3.63) is 35.4 Å². The number of ether oxygens (including phenoxy) is 1. The van der Waals surface area contributed by atoms with Crippen LogP contribution in [0.15, 0.2) is 29.8 Å². The summed E-state index contributed by atoms with van der Waals surface area (Å²) in [7, 11) is 3.88. The van der Waals surface area contributed by atoms with Crippen LogP contribution in [-0.2, 0) is 14.3 Å². The third kappa shape index (κ3) is 5.17. The minimum absolute atomic E-state index is 0.107. The number of fused-ring (bicyclic) bond motifs is 1. The van der Waals surface area contributed by atoms with Crippen molar-refractivity contribution >= 4 is 23.6 Å². The lowest BCUT2D eigenvalue weighted by atomic mass is 9.78. The lowest BCUT2D eigenvalue weighted by Gasteiger charge is -2.44. The Balaban J connectivity index is 1.59. The van der Waals surface area contributed by atoms with Gasteiger partial charge in [0.15, 0.2) is 6.61 Å². The molecular formula is C23H29N3O3. The molecule has 1 aromatic rings. The summed E-state index contributed by atoms with van der Waals surface area (Å²) >= 11 is 0. The normalized spacial score (nSPS) is 21.7. The molecule has 2 atom stereocenters. The fraction of sp³-hybridized carbons (Fsp3) is 0.522. The molecule has 0 aromatic heterocycles. The number of hydrogen-bond donors (Lipinski definition) is 0. The van der Waals surface area contributed by atoms with Crippen LogP contribution in [0.1, 0.15) is 44.1 Å². The molecule has 29 heavy (non-hydrogen) atoms. The molecule has 1 amide bonds. The minimum Gasteiger partial charge on any atom is -0.451 e. The summed E-state index contributed by atoms with van der Waals surface area (Å²) < 4.78 is 5.19. The first-order chi connectivity index (χ1) is 14.0. The van der Waals surface area contributed by atoms with E-state index in [2.05, 4.69) is 0 Å². The van der Waals surface area contributed by atoms with Gasteiger partial charge in [0.2, 0.25) is 0 Å². The Kier molecular flexibility index (Phi) is 6.92. The highest BCUT2D eigenvalue weighted by atomic mass is 16.5. The molecule has 0 N–H and O–H groups in total. The van der Waals surface area contributed by atoms with Crippen LogP contribution < -0.4 is 4.90 Å². The molecule has 1 saturated carbocycles. The number of nitrogens with zero attached hydrogens (tertiary/aromatic N) is 3. The van der Waals surface area contributed by atoms with Crippen LogP contribution in [0.5, 0.6) is 0 Å². The molecule has 6 heteroatoms. The zero-order chi connectivity index (χ0) is 20.8. The second-order valence-corrected chi connectivity index (χ2v) is 8.07. The highest BCUT2D eigenvalue weighted by Crippen LogP contribution is 2.35. The predicted molar refractivity (Wildman–Crippen MR) is 112 cm³/mol. The molecular weight excluding hydrogens is 366 g/mol. The Labute approximate surface area is 172 Å². The quantitative estimate of drug-likeness (QED) is 0.434. The SMILES string of the molecule is CN(C)c1ccc(/C=C(\C#N)C(=O)OCC(=O)N2CCC[C@H]3CCCC[C@H]32)cc1. The van der Waals surface area contributed by atoms with E-state index in [0.717, 1.165) is 37.1 Å². The van der Waals surface area contributed by atoms with Crippen LogP contribution in [0.2, 0.25) is 0 Å². The number of piperidine rings is 1. The smallest absolute Gasteiger partial charge is 0.349 e. The van der Waals surface area contributed by atoms with Crippen LogP contribution in [0.4, 0.5) is 5.69 Å². The van der Waals surface area contributed by atoms with E-state index in [1.165, 1.54) is 25.3 Å². The molecule has 0 spiro atoms. The third-order valence-electron chi connectivity index (χ3n) is 5.95. The van der Waals surface area contributed by atoms with Gasteiger partial charge in [0, 0.05) is 32.4 Å². The maximum atomic E-state index is 12.7. The van der Waals surface area contributed by atoms with Crippen molar-refractivity contribution in [3.63, 3.8) is 0 Å². The Hall–Kier alpha value is -2.81. The molecule has 1 saturated heterocycles. The average Bonchev–Trinajstić information content (AvgIpc) is 2.75. The first-order valence-electron chi connectivity index (χ1n) is 10.4. The van der Waals surface area contributed by atoms with Gasteiger partial charge in [-0.1, -0.05) is 25.0 Å². The summed E-state index contributed by atoms with van der Waals surface area (Å²) in [6.45, 7) is 0.428. The number of esters is 1. The number of hydrogen-bond acceptors (Lipinski definition) is 5. The summed E-state index contributed by atoms with van der Waals surface area (Å²) in [5, 5.41) is 9.35. The molecule has 0 unspecified atom stereocenters. The van der Waals surface area contributed by atoms with Gasteiger partial charge in [-0.25, -0.2) is 4.79 Å². The summed E-state index contributed by atoms with van der Waals surface area (Å²) in [6.07, 6.45) is 8.29. The first-order valence-corrected chi connectivity index (χ1v) is 10.4. The third-order valence-corrected chi connectivity index (χ3v) is 5.95. The number of carbonyl (C=O) groups excluding carboxylic acids is 2. The topological polar surface area (TPSA) is 73.6 Å². The Bertz CT molecular complexity index is 806. The second kappa shape index (κ2) is 9.60. The van der Waals surface area contributed by atoms with Gasteiger partial charge < -0.3 is 14.5 Å². The summed E-state index contributed by atoms with van der Waals surface area (Å²) in [5.41, 5.74) is 1.65. The van der Waals surface area contributed by atoms with Crippen molar-refractivity contribution in [2.24, 2.45) is 5.92 Å². The van der Waals surface area contributed by atoms with Crippen LogP contribution in [0.3, 0.4) is 0 Å². The van der Waals surface area contributed by atoms with Crippen molar-refractivity contribution in [1.82, 2.24) is 4.90 Å². The molecule has 1 aliphatic heterocycles. The van der Waals surface area contributed by atoms with Crippen molar-refractivity contribution < 1.29 is 14.3 Å². The summed E-state index contributed by atoms with van der Waals surface area (Å²) in [5.74, 6) is -0.325. The Morgan fingerprint density at radius 2 is 1.86 bits per heavy atom. The number of likely N-dealkylation sites (tertiary alicyclic amines) is 1. The number of carbonyl (C=O) groups is 2. The van der Waals surface area contributed by atoms with Gasteiger partial charge in [-0.15, -0.1) is 0 Å². The zero-order valence-electron chi connectivity index (χ0n) is 17.3. The second-order valence-electron chi connectivity index (χ2n) is 8.07. The highest BCUT2D eigenvalue weighted by molar-refractivity contribution is 5.98. The molecule has 0 bridgehead atoms. The van der Waals surface area contributed by atoms with Gasteiger partial charge in [0.25, 0.3) is 5.91 Å². The van der Waals surface area contributed by atoms with Crippen LogP contribution in [0.25, 0.3) is 6.08 Å². The van der Waals surface area contributed by atoms with Crippen molar-refractivity contribution in [1.29, 1.82) is 5.26 Å². The van der Waals surface area contributed by atoms with E-state index in [4.69, 9.17) is 4.74 Å². The largest absolute Gasteiger partial charge is 0.451 e. The van der Waals surface area contributed by atoms with E-state index in [1.807, 2.05) is 54.2 Å². The first kappa shape index (κ1) is 20.9. The minimum atomic E-state index is -0.755. The van der Waals surface area contributed by atoms with Gasteiger partial charge in [-0.3, -0.25) is 4.79 Å². The molecule has 2 aliphatic rings. The molecule has 1 heterocycles. The van der Waals surface area contributed by atoms with Crippen molar-refractivity contribution in [2.45, 2.75) is 44.6 Å². The summed E-state index contributed by atoms with van der Waals surface area (Å²) in [4.78, 5) is 28.9. The maximum absolute atomic E-state index is 12.7. The van der Waals surface area contributed by atoms with Crippen molar-refractivity contribution in [2.75, 3.05) is 32.1 Å². The lowest BCUT2D eigenvalue weighted by Crippen LogP contribution is -2.50. The highest BCUT2D eigenvalue weighted by Gasteiger charge is 2.35. The zero-order valence-corrected chi connectivity index (χ0v) is 17.3. The molecule has 6 nitrogen and oxygen atoms in total. The van der Waals surface area contributed by atoms with Gasteiger partial charge in [-0.2, -0.15) is 5.26 Å². The number of benzene rings is 1. The molecule has 3 rings (SSSR count). The van der Waals surface area contributed by atoms with E-state index >= 15 is 0 Å². The average molecular weight is 396 g/mol. The van der Waals surface area contributed by atoms with Gasteiger partial charge >= 0.3 is 5.97 Å². The number of nitriles is 1. The Morgan fingerprint density at radius 1 is 1.17 bits per heavy atom. The van der Waals surface area contributed by atoms with E-state index in [9.17, 15) is 14.9 Å². The number of anilines is 1. The summed E-state index contributed by atoms with van der Waals surface area (Å²) in [6, 6.07) is 9.66. The van der Waals surface area contributed by atoms with E-state index in [1.54, 1.807) is 0 Å². The van der Waals surface area contributed by atoms with Crippen LogP contribution in [-0.4, -0.2) is 50.1 Å². The number of amides is 1.